The summed E-state index contributed by atoms with van der Waals surface area (Å²) in [5, 5.41) is 1.16. The molecule has 0 amide bonds. The summed E-state index contributed by atoms with van der Waals surface area (Å²) in [7, 11) is 1.68. The second kappa shape index (κ2) is 7.43. The van der Waals surface area contributed by atoms with Crippen molar-refractivity contribution in [2.45, 2.75) is 19.3 Å². The topological polar surface area (TPSA) is 57.4 Å². The standard InChI is InChI=1S/C14H20N2O2S/c1-17-11-5-6-12-13(10-11)19-14(16-12)4-2-8-18-9-3-7-15/h5-6,10H,2-4,7-9,15H2,1H3. The Hall–Kier alpha value is -1.17. The van der Waals surface area contributed by atoms with Crippen molar-refractivity contribution in [2.24, 2.45) is 5.73 Å². The highest BCUT2D eigenvalue weighted by Gasteiger charge is 2.04. The van der Waals surface area contributed by atoms with Gasteiger partial charge in [-0.15, -0.1) is 11.3 Å². The Morgan fingerprint density at radius 2 is 2.11 bits per heavy atom. The lowest BCUT2D eigenvalue weighted by molar-refractivity contribution is 0.131. The zero-order valence-electron chi connectivity index (χ0n) is 11.2. The SMILES string of the molecule is COc1ccc2nc(CCCOCCCN)sc2c1. The Balaban J connectivity index is 1.84. The highest BCUT2D eigenvalue weighted by Crippen LogP contribution is 2.26. The molecule has 1 heterocycles. The van der Waals surface area contributed by atoms with Crippen molar-refractivity contribution in [2.75, 3.05) is 26.9 Å². The minimum Gasteiger partial charge on any atom is -0.497 e. The van der Waals surface area contributed by atoms with E-state index in [2.05, 4.69) is 4.98 Å². The van der Waals surface area contributed by atoms with Gasteiger partial charge in [-0.05, 0) is 37.6 Å². The number of benzene rings is 1. The molecule has 0 spiro atoms. The van der Waals surface area contributed by atoms with Crippen LogP contribution in [0.1, 0.15) is 17.8 Å². The number of thiazole rings is 1. The molecule has 0 bridgehead atoms. The maximum Gasteiger partial charge on any atom is 0.120 e. The van der Waals surface area contributed by atoms with Crippen LogP contribution >= 0.6 is 11.3 Å². The predicted octanol–water partition coefficient (Wildman–Crippen LogP) is 2.60. The molecule has 0 fully saturated rings. The molecule has 1 aromatic carbocycles. The number of hydrogen-bond acceptors (Lipinski definition) is 5. The fraction of sp³-hybridized carbons (Fsp3) is 0.500. The quantitative estimate of drug-likeness (QED) is 0.755. The van der Waals surface area contributed by atoms with Crippen LogP contribution in [0.4, 0.5) is 0 Å². The number of nitrogens with zero attached hydrogens (tertiary/aromatic N) is 1. The Morgan fingerprint density at radius 1 is 1.26 bits per heavy atom. The smallest absolute Gasteiger partial charge is 0.120 e. The first-order valence-electron chi connectivity index (χ1n) is 6.55. The molecule has 0 unspecified atom stereocenters. The number of nitrogens with two attached hydrogens (primary N) is 1. The van der Waals surface area contributed by atoms with Crippen molar-refractivity contribution in [1.82, 2.24) is 4.98 Å². The normalized spacial score (nSPS) is 11.1. The number of ether oxygens (including phenoxy) is 2. The lowest BCUT2D eigenvalue weighted by atomic mass is 10.3. The zero-order chi connectivity index (χ0) is 13.5. The second-order valence-electron chi connectivity index (χ2n) is 4.30. The molecule has 2 aromatic rings. The van der Waals surface area contributed by atoms with E-state index in [0.717, 1.165) is 48.8 Å². The lowest BCUT2D eigenvalue weighted by Crippen LogP contribution is -2.05. The molecular formula is C14H20N2O2S. The van der Waals surface area contributed by atoms with Crippen LogP contribution in [-0.4, -0.2) is 31.9 Å². The number of aromatic nitrogens is 1. The second-order valence-corrected chi connectivity index (χ2v) is 5.41. The average molecular weight is 280 g/mol. The molecule has 5 heteroatoms. The molecule has 0 saturated heterocycles. The van der Waals surface area contributed by atoms with Crippen LogP contribution in [0.2, 0.25) is 0 Å². The van der Waals surface area contributed by atoms with Crippen molar-refractivity contribution in [3.63, 3.8) is 0 Å². The molecule has 1 aromatic heterocycles. The molecule has 0 aliphatic rings. The van der Waals surface area contributed by atoms with Crippen molar-refractivity contribution in [3.05, 3.63) is 23.2 Å². The molecule has 2 rings (SSSR count). The van der Waals surface area contributed by atoms with Crippen molar-refractivity contribution >= 4 is 21.6 Å². The fourth-order valence-electron chi connectivity index (χ4n) is 1.80. The number of methoxy groups -OCH3 is 1. The summed E-state index contributed by atoms with van der Waals surface area (Å²) < 4.78 is 11.9. The van der Waals surface area contributed by atoms with Gasteiger partial charge in [-0.3, -0.25) is 0 Å². The van der Waals surface area contributed by atoms with Crippen LogP contribution in [-0.2, 0) is 11.2 Å². The molecule has 104 valence electrons. The molecule has 19 heavy (non-hydrogen) atoms. The van der Waals surface area contributed by atoms with Gasteiger partial charge in [-0.1, -0.05) is 0 Å². The first kappa shape index (κ1) is 14.2. The Morgan fingerprint density at radius 3 is 2.89 bits per heavy atom. The van der Waals surface area contributed by atoms with Crippen LogP contribution < -0.4 is 10.5 Å². The summed E-state index contributed by atoms with van der Waals surface area (Å²) in [6.07, 6.45) is 2.90. The van der Waals surface area contributed by atoms with Crippen LogP contribution in [0.5, 0.6) is 5.75 Å². The average Bonchev–Trinajstić information content (AvgIpc) is 2.84. The summed E-state index contributed by atoms with van der Waals surface area (Å²) in [6.45, 7) is 2.23. The maximum absolute atomic E-state index is 5.48. The molecule has 0 aliphatic heterocycles. The van der Waals surface area contributed by atoms with E-state index >= 15 is 0 Å². The van der Waals surface area contributed by atoms with Crippen LogP contribution in [0, 0.1) is 0 Å². The largest absolute Gasteiger partial charge is 0.497 e. The van der Waals surface area contributed by atoms with Gasteiger partial charge in [0.05, 0.1) is 22.3 Å². The van der Waals surface area contributed by atoms with E-state index in [0.29, 0.717) is 6.54 Å². The van der Waals surface area contributed by atoms with Crippen LogP contribution in [0.3, 0.4) is 0 Å². The first-order chi connectivity index (χ1) is 9.33. The van der Waals surface area contributed by atoms with Crippen molar-refractivity contribution in [1.29, 1.82) is 0 Å². The zero-order valence-corrected chi connectivity index (χ0v) is 12.0. The number of aryl methyl sites for hydroxylation is 1. The first-order valence-corrected chi connectivity index (χ1v) is 7.36. The van der Waals surface area contributed by atoms with Gasteiger partial charge in [-0.2, -0.15) is 0 Å². The van der Waals surface area contributed by atoms with Gasteiger partial charge in [0.15, 0.2) is 0 Å². The summed E-state index contributed by atoms with van der Waals surface area (Å²) in [4.78, 5) is 4.61. The molecule has 4 nitrogen and oxygen atoms in total. The van der Waals surface area contributed by atoms with Crippen LogP contribution in [0.25, 0.3) is 10.2 Å². The maximum atomic E-state index is 5.48. The minimum absolute atomic E-state index is 0.694. The van der Waals surface area contributed by atoms with E-state index in [1.165, 1.54) is 4.70 Å². The summed E-state index contributed by atoms with van der Waals surface area (Å²) >= 11 is 1.73. The van der Waals surface area contributed by atoms with Gasteiger partial charge in [0, 0.05) is 19.6 Å². The lowest BCUT2D eigenvalue weighted by Gasteiger charge is -2.01. The number of rotatable bonds is 8. The molecule has 0 aliphatic carbocycles. The van der Waals surface area contributed by atoms with E-state index in [1.807, 2.05) is 18.2 Å². The van der Waals surface area contributed by atoms with E-state index in [4.69, 9.17) is 15.2 Å². The van der Waals surface area contributed by atoms with Gasteiger partial charge < -0.3 is 15.2 Å². The Labute approximate surface area is 117 Å². The summed E-state index contributed by atoms with van der Waals surface area (Å²) in [5.41, 5.74) is 6.45. The molecular weight excluding hydrogens is 260 g/mol. The van der Waals surface area contributed by atoms with Gasteiger partial charge in [0.1, 0.15) is 5.75 Å². The summed E-state index contributed by atoms with van der Waals surface area (Å²) in [6, 6.07) is 5.99. The minimum atomic E-state index is 0.694. The predicted molar refractivity (Wildman–Crippen MR) is 79.0 cm³/mol. The molecule has 0 radical (unpaired) electrons. The van der Waals surface area contributed by atoms with Gasteiger partial charge >= 0.3 is 0 Å². The third-order valence-electron chi connectivity index (χ3n) is 2.81. The van der Waals surface area contributed by atoms with E-state index < -0.39 is 0 Å². The molecule has 0 atom stereocenters. The summed E-state index contributed by atoms with van der Waals surface area (Å²) in [5.74, 6) is 0.882. The van der Waals surface area contributed by atoms with E-state index in [1.54, 1.807) is 18.4 Å². The van der Waals surface area contributed by atoms with Crippen molar-refractivity contribution in [3.8, 4) is 5.75 Å². The number of hydrogen-bond donors (Lipinski definition) is 1. The van der Waals surface area contributed by atoms with Crippen molar-refractivity contribution < 1.29 is 9.47 Å². The monoisotopic (exact) mass is 280 g/mol. The number of fused-ring (bicyclic) bond motifs is 1. The highest BCUT2D eigenvalue weighted by atomic mass is 32.1. The van der Waals surface area contributed by atoms with Gasteiger partial charge in [-0.25, -0.2) is 4.98 Å². The molecule has 2 N–H and O–H groups in total. The van der Waals surface area contributed by atoms with Crippen LogP contribution in [0.15, 0.2) is 18.2 Å². The highest BCUT2D eigenvalue weighted by molar-refractivity contribution is 7.18. The van der Waals surface area contributed by atoms with Gasteiger partial charge in [0.25, 0.3) is 0 Å². The fourth-order valence-corrected chi connectivity index (χ4v) is 2.84. The third kappa shape index (κ3) is 4.16. The van der Waals surface area contributed by atoms with E-state index in [9.17, 15) is 0 Å². The molecule has 0 saturated carbocycles. The third-order valence-corrected chi connectivity index (χ3v) is 3.89. The van der Waals surface area contributed by atoms with Gasteiger partial charge in [0.2, 0.25) is 0 Å². The van der Waals surface area contributed by atoms with E-state index in [-0.39, 0.29) is 0 Å². The Bertz CT molecular complexity index is 513. The Kier molecular flexibility index (Phi) is 5.57.